The third-order valence-electron chi connectivity index (χ3n) is 5.11. The number of benzene rings is 3. The van der Waals surface area contributed by atoms with Gasteiger partial charge in [-0.3, -0.25) is 4.79 Å². The maximum absolute atomic E-state index is 12.7. The van der Waals surface area contributed by atoms with E-state index in [1.54, 1.807) is 49.0 Å². The molecule has 2 N–H and O–H groups in total. The van der Waals surface area contributed by atoms with Gasteiger partial charge in [0, 0.05) is 21.9 Å². The maximum atomic E-state index is 12.7. The molecule has 6 nitrogen and oxygen atoms in total. The van der Waals surface area contributed by atoms with E-state index >= 15 is 0 Å². The van der Waals surface area contributed by atoms with Crippen LogP contribution in [0.15, 0.2) is 75.4 Å². The molecular formula is C24H24N2O4S2. The summed E-state index contributed by atoms with van der Waals surface area (Å²) < 4.78 is 29.4. The van der Waals surface area contributed by atoms with E-state index in [0.29, 0.717) is 23.6 Å². The first-order valence-corrected chi connectivity index (χ1v) is 12.8. The van der Waals surface area contributed by atoms with E-state index < -0.39 is 9.84 Å². The van der Waals surface area contributed by atoms with Crippen LogP contribution >= 0.6 is 11.8 Å². The third kappa shape index (κ3) is 4.76. The van der Waals surface area contributed by atoms with Gasteiger partial charge in [0.2, 0.25) is 0 Å². The third-order valence-corrected chi connectivity index (χ3v) is 7.99. The highest BCUT2D eigenvalue weighted by molar-refractivity contribution is 7.99. The van der Waals surface area contributed by atoms with Crippen LogP contribution in [0.5, 0.6) is 5.75 Å². The van der Waals surface area contributed by atoms with E-state index in [0.717, 1.165) is 32.5 Å². The van der Waals surface area contributed by atoms with Crippen LogP contribution in [-0.4, -0.2) is 26.7 Å². The molecule has 4 rings (SSSR count). The molecule has 1 aliphatic heterocycles. The monoisotopic (exact) mass is 468 g/mol. The van der Waals surface area contributed by atoms with Gasteiger partial charge in [-0.1, -0.05) is 30.8 Å². The largest absolute Gasteiger partial charge is 0.494 e. The van der Waals surface area contributed by atoms with Crippen molar-refractivity contribution in [3.05, 3.63) is 71.8 Å². The quantitative estimate of drug-likeness (QED) is 0.396. The van der Waals surface area contributed by atoms with Crippen molar-refractivity contribution in [3.8, 4) is 5.75 Å². The molecule has 0 spiro atoms. The number of anilines is 2. The van der Waals surface area contributed by atoms with Gasteiger partial charge in [-0.15, -0.1) is 0 Å². The minimum Gasteiger partial charge on any atom is -0.494 e. The Labute approximate surface area is 192 Å². The predicted molar refractivity (Wildman–Crippen MR) is 127 cm³/mol. The molecule has 1 heterocycles. The molecule has 3 aromatic carbocycles. The summed E-state index contributed by atoms with van der Waals surface area (Å²) in [6, 6.07) is 18.1. The van der Waals surface area contributed by atoms with Crippen LogP contribution in [0.25, 0.3) is 0 Å². The van der Waals surface area contributed by atoms with E-state index in [2.05, 4.69) is 10.6 Å². The Morgan fingerprint density at radius 3 is 2.47 bits per heavy atom. The van der Waals surface area contributed by atoms with Gasteiger partial charge in [0.1, 0.15) is 5.75 Å². The summed E-state index contributed by atoms with van der Waals surface area (Å²) in [7, 11) is -3.23. The number of rotatable bonds is 7. The lowest BCUT2D eigenvalue weighted by molar-refractivity contribution is 0.0951. The first-order chi connectivity index (χ1) is 15.4. The topological polar surface area (TPSA) is 84.5 Å². The fraction of sp³-hybridized carbons (Fsp3) is 0.208. The predicted octanol–water partition coefficient (Wildman–Crippen LogP) is 5.02. The molecule has 1 aliphatic rings. The lowest BCUT2D eigenvalue weighted by atomic mass is 10.1. The second-order valence-electron chi connectivity index (χ2n) is 7.26. The Kier molecular flexibility index (Phi) is 6.43. The highest BCUT2D eigenvalue weighted by Gasteiger charge is 2.18. The van der Waals surface area contributed by atoms with Crippen molar-refractivity contribution in [1.82, 2.24) is 5.32 Å². The van der Waals surface area contributed by atoms with E-state index in [-0.39, 0.29) is 11.7 Å². The van der Waals surface area contributed by atoms with Crippen LogP contribution in [0, 0.1) is 0 Å². The van der Waals surface area contributed by atoms with Crippen molar-refractivity contribution in [2.75, 3.05) is 17.7 Å². The van der Waals surface area contributed by atoms with Gasteiger partial charge in [0.25, 0.3) is 5.91 Å². The fourth-order valence-corrected chi connectivity index (χ4v) is 5.22. The lowest BCUT2D eigenvalue weighted by Crippen LogP contribution is -2.23. The molecule has 0 aromatic heterocycles. The number of amides is 1. The molecule has 0 atom stereocenters. The second-order valence-corrected chi connectivity index (χ2v) is 10.6. The normalized spacial score (nSPS) is 12.3. The highest BCUT2D eigenvalue weighted by atomic mass is 32.2. The molecule has 0 fully saturated rings. The van der Waals surface area contributed by atoms with Gasteiger partial charge in [0.05, 0.1) is 28.6 Å². The number of ether oxygens (including phenoxy) is 1. The molecule has 1 amide bonds. The van der Waals surface area contributed by atoms with Gasteiger partial charge < -0.3 is 15.4 Å². The number of carbonyl (C=O) groups excluding carboxylic acids is 1. The Morgan fingerprint density at radius 1 is 0.969 bits per heavy atom. The van der Waals surface area contributed by atoms with E-state index in [9.17, 15) is 13.2 Å². The zero-order valence-corrected chi connectivity index (χ0v) is 19.5. The SMILES string of the molecule is CCOc1ccc2c(c1)Sc1ccc(C(=O)NCc3ccc(S(=O)(=O)CC)cc3)cc1N2. The van der Waals surface area contributed by atoms with Crippen molar-refractivity contribution in [1.29, 1.82) is 0 Å². The van der Waals surface area contributed by atoms with Crippen LogP contribution < -0.4 is 15.4 Å². The van der Waals surface area contributed by atoms with Crippen molar-refractivity contribution in [3.63, 3.8) is 0 Å². The van der Waals surface area contributed by atoms with Gasteiger partial charge in [-0.2, -0.15) is 0 Å². The van der Waals surface area contributed by atoms with Crippen LogP contribution in [0.3, 0.4) is 0 Å². The van der Waals surface area contributed by atoms with Crippen LogP contribution in [0.2, 0.25) is 0 Å². The molecule has 0 bridgehead atoms. The Morgan fingerprint density at radius 2 is 1.75 bits per heavy atom. The number of hydrogen-bond donors (Lipinski definition) is 2. The molecule has 0 radical (unpaired) electrons. The number of hydrogen-bond acceptors (Lipinski definition) is 6. The van der Waals surface area contributed by atoms with Gasteiger partial charge >= 0.3 is 0 Å². The first-order valence-electron chi connectivity index (χ1n) is 10.4. The molecule has 0 saturated heterocycles. The van der Waals surface area contributed by atoms with Gasteiger partial charge in [0.15, 0.2) is 9.84 Å². The summed E-state index contributed by atoms with van der Waals surface area (Å²) in [5, 5.41) is 6.29. The first kappa shape index (κ1) is 22.2. The van der Waals surface area contributed by atoms with Crippen LogP contribution in [0.4, 0.5) is 11.4 Å². The Hall–Kier alpha value is -2.97. The number of sulfone groups is 1. The number of nitrogens with one attached hydrogen (secondary N) is 2. The summed E-state index contributed by atoms with van der Waals surface area (Å²) in [6.07, 6.45) is 0. The summed E-state index contributed by atoms with van der Waals surface area (Å²) in [5.41, 5.74) is 3.24. The molecule has 32 heavy (non-hydrogen) atoms. The Balaban J connectivity index is 1.43. The minimum atomic E-state index is -3.23. The van der Waals surface area contributed by atoms with Crippen molar-refractivity contribution in [2.45, 2.75) is 35.1 Å². The standard InChI is InChI=1S/C24H24N2O4S2/c1-3-30-18-8-11-20-23(14-18)31-22-12-7-17(13-21(22)26-20)24(27)25-15-16-5-9-19(10-6-16)32(28,29)4-2/h5-14,26H,3-4,15H2,1-2H3,(H,25,27). The van der Waals surface area contributed by atoms with Gasteiger partial charge in [-0.25, -0.2) is 8.42 Å². The summed E-state index contributed by atoms with van der Waals surface area (Å²) in [4.78, 5) is 15.1. The summed E-state index contributed by atoms with van der Waals surface area (Å²) >= 11 is 1.63. The molecule has 166 valence electrons. The second kappa shape index (κ2) is 9.26. The zero-order chi connectivity index (χ0) is 22.7. The minimum absolute atomic E-state index is 0.0614. The number of carbonyl (C=O) groups is 1. The van der Waals surface area contributed by atoms with Gasteiger partial charge in [-0.05, 0) is 61.0 Å². The molecule has 0 unspecified atom stereocenters. The van der Waals surface area contributed by atoms with E-state index in [4.69, 9.17) is 4.74 Å². The molecule has 0 saturated carbocycles. The zero-order valence-electron chi connectivity index (χ0n) is 17.8. The van der Waals surface area contributed by atoms with Crippen LogP contribution in [0.1, 0.15) is 29.8 Å². The van der Waals surface area contributed by atoms with Crippen molar-refractivity contribution >= 4 is 38.9 Å². The van der Waals surface area contributed by atoms with Crippen molar-refractivity contribution < 1.29 is 17.9 Å². The molecular weight excluding hydrogens is 444 g/mol. The fourth-order valence-electron chi connectivity index (χ4n) is 3.33. The smallest absolute Gasteiger partial charge is 0.251 e. The average Bonchev–Trinajstić information content (AvgIpc) is 2.81. The van der Waals surface area contributed by atoms with E-state index in [1.165, 1.54) is 0 Å². The molecule has 0 aliphatic carbocycles. The molecule has 8 heteroatoms. The van der Waals surface area contributed by atoms with Crippen LogP contribution in [-0.2, 0) is 16.4 Å². The van der Waals surface area contributed by atoms with Crippen molar-refractivity contribution in [2.24, 2.45) is 0 Å². The van der Waals surface area contributed by atoms with E-state index in [1.807, 2.05) is 37.3 Å². The maximum Gasteiger partial charge on any atom is 0.251 e. The molecule has 3 aromatic rings. The Bertz CT molecular complexity index is 1260. The lowest BCUT2D eigenvalue weighted by Gasteiger charge is -2.22. The summed E-state index contributed by atoms with van der Waals surface area (Å²) in [6.45, 7) is 4.51. The average molecular weight is 469 g/mol. The summed E-state index contributed by atoms with van der Waals surface area (Å²) in [5.74, 6) is 0.703. The highest BCUT2D eigenvalue weighted by Crippen LogP contribution is 2.45. The number of fused-ring (bicyclic) bond motifs is 2.